The predicted octanol–water partition coefficient (Wildman–Crippen LogP) is 4.97. The molecule has 0 fully saturated rings. The number of hydrogen-bond donors (Lipinski definition) is 1. The first-order valence-corrected chi connectivity index (χ1v) is 7.80. The zero-order valence-electron chi connectivity index (χ0n) is 13.0. The molecular weight excluding hydrogens is 387 g/mol. The summed E-state index contributed by atoms with van der Waals surface area (Å²) in [6.45, 7) is 1.80. The fourth-order valence-corrected chi connectivity index (χ4v) is 2.81. The van der Waals surface area contributed by atoms with Gasteiger partial charge in [0.2, 0.25) is 5.91 Å². The topological polar surface area (TPSA) is 38.3 Å². The Hall–Kier alpha value is -2.02. The zero-order valence-corrected chi connectivity index (χ0v) is 14.6. The van der Waals surface area contributed by atoms with E-state index >= 15 is 0 Å². The summed E-state index contributed by atoms with van der Waals surface area (Å²) in [5.74, 6) is 0.0531. The lowest BCUT2D eigenvalue weighted by molar-refractivity contribution is -0.137. The molecule has 3 nitrogen and oxygen atoms in total. The number of carbonyl (C=O) groups excluding carboxylic acids is 1. The average Bonchev–Trinajstić information content (AvgIpc) is 2.49. The highest BCUT2D eigenvalue weighted by Gasteiger charge is 2.30. The lowest BCUT2D eigenvalue weighted by Gasteiger charge is -2.14. The first-order chi connectivity index (χ1) is 11.2. The van der Waals surface area contributed by atoms with Crippen LogP contribution < -0.4 is 10.1 Å². The van der Waals surface area contributed by atoms with Crippen molar-refractivity contribution in [3.63, 3.8) is 0 Å². The van der Waals surface area contributed by atoms with Crippen molar-refractivity contribution in [1.82, 2.24) is 0 Å². The van der Waals surface area contributed by atoms with Crippen LogP contribution in [0.1, 0.15) is 16.7 Å². The van der Waals surface area contributed by atoms with Gasteiger partial charge in [-0.1, -0.05) is 34.1 Å². The smallest absolute Gasteiger partial charge is 0.416 e. The quantitative estimate of drug-likeness (QED) is 0.785. The minimum absolute atomic E-state index is 0.164. The van der Waals surface area contributed by atoms with Crippen LogP contribution in [-0.2, 0) is 17.4 Å². The Kier molecular flexibility index (Phi) is 5.54. The lowest BCUT2D eigenvalue weighted by atomic mass is 10.1. The van der Waals surface area contributed by atoms with Gasteiger partial charge in [-0.05, 0) is 36.2 Å². The van der Waals surface area contributed by atoms with Gasteiger partial charge in [0.25, 0.3) is 0 Å². The van der Waals surface area contributed by atoms with Crippen LogP contribution in [-0.4, -0.2) is 13.0 Å². The second kappa shape index (κ2) is 7.25. The maximum atomic E-state index is 12.7. The van der Waals surface area contributed by atoms with E-state index in [-0.39, 0.29) is 12.0 Å². The number of halogens is 4. The molecule has 0 aliphatic carbocycles. The first kappa shape index (κ1) is 18.3. The molecule has 2 aromatic rings. The molecule has 0 aromatic heterocycles. The molecule has 2 aromatic carbocycles. The van der Waals surface area contributed by atoms with Crippen LogP contribution in [0.3, 0.4) is 0 Å². The molecule has 128 valence electrons. The normalized spacial score (nSPS) is 11.2. The van der Waals surface area contributed by atoms with E-state index in [4.69, 9.17) is 4.74 Å². The third kappa shape index (κ3) is 4.50. The minimum Gasteiger partial charge on any atom is -0.495 e. The first-order valence-electron chi connectivity index (χ1n) is 7.01. The molecule has 0 radical (unpaired) electrons. The van der Waals surface area contributed by atoms with Gasteiger partial charge in [-0.15, -0.1) is 0 Å². The molecule has 0 spiro atoms. The van der Waals surface area contributed by atoms with E-state index < -0.39 is 17.6 Å². The molecule has 7 heteroatoms. The molecule has 0 bridgehead atoms. The highest BCUT2D eigenvalue weighted by Crippen LogP contribution is 2.32. The number of alkyl halides is 3. The van der Waals surface area contributed by atoms with Gasteiger partial charge in [-0.3, -0.25) is 4.79 Å². The second-order valence-corrected chi connectivity index (χ2v) is 6.14. The van der Waals surface area contributed by atoms with E-state index in [0.29, 0.717) is 11.4 Å². The van der Waals surface area contributed by atoms with Gasteiger partial charge < -0.3 is 10.1 Å². The number of amides is 1. The number of rotatable bonds is 4. The number of nitrogens with one attached hydrogen (secondary N) is 1. The molecule has 0 heterocycles. The highest BCUT2D eigenvalue weighted by molar-refractivity contribution is 9.10. The number of anilines is 1. The van der Waals surface area contributed by atoms with Crippen molar-refractivity contribution in [2.24, 2.45) is 0 Å². The van der Waals surface area contributed by atoms with Crippen LogP contribution in [0.4, 0.5) is 18.9 Å². The molecule has 0 unspecified atom stereocenters. The van der Waals surface area contributed by atoms with E-state index in [2.05, 4.69) is 21.2 Å². The van der Waals surface area contributed by atoms with Crippen LogP contribution in [0.25, 0.3) is 0 Å². The lowest BCUT2D eigenvalue weighted by Crippen LogP contribution is -2.16. The Morgan fingerprint density at radius 2 is 1.96 bits per heavy atom. The molecule has 24 heavy (non-hydrogen) atoms. The van der Waals surface area contributed by atoms with E-state index in [1.54, 1.807) is 13.0 Å². The van der Waals surface area contributed by atoms with Crippen molar-refractivity contribution in [2.75, 3.05) is 12.4 Å². The predicted molar refractivity (Wildman–Crippen MR) is 89.2 cm³/mol. The molecule has 0 atom stereocenters. The van der Waals surface area contributed by atoms with Gasteiger partial charge in [0, 0.05) is 4.47 Å². The van der Waals surface area contributed by atoms with Crippen LogP contribution in [0.2, 0.25) is 0 Å². The minimum atomic E-state index is -4.43. The summed E-state index contributed by atoms with van der Waals surface area (Å²) in [5, 5.41) is 2.70. The van der Waals surface area contributed by atoms with Crippen LogP contribution >= 0.6 is 15.9 Å². The Balaban J connectivity index is 2.18. The van der Waals surface area contributed by atoms with Gasteiger partial charge in [0.1, 0.15) is 5.75 Å². The Morgan fingerprint density at radius 3 is 2.58 bits per heavy atom. The van der Waals surface area contributed by atoms with E-state index in [9.17, 15) is 18.0 Å². The molecule has 0 saturated carbocycles. The summed E-state index contributed by atoms with van der Waals surface area (Å²) in [4.78, 5) is 12.2. The van der Waals surface area contributed by atoms with Gasteiger partial charge >= 0.3 is 6.18 Å². The van der Waals surface area contributed by atoms with Gasteiger partial charge in [0.05, 0.1) is 24.8 Å². The third-order valence-corrected chi connectivity index (χ3v) is 3.83. The van der Waals surface area contributed by atoms with Crippen molar-refractivity contribution >= 4 is 27.5 Å². The summed E-state index contributed by atoms with van der Waals surface area (Å²) in [6.07, 6.45) is -4.60. The molecular formula is C17H15BrF3NO2. The summed E-state index contributed by atoms with van der Waals surface area (Å²) in [6, 6.07) is 8.24. The summed E-state index contributed by atoms with van der Waals surface area (Å²) >= 11 is 3.34. The molecule has 0 aliphatic rings. The largest absolute Gasteiger partial charge is 0.495 e. The van der Waals surface area contributed by atoms with Gasteiger partial charge in [0.15, 0.2) is 0 Å². The molecule has 1 amide bonds. The monoisotopic (exact) mass is 401 g/mol. The van der Waals surface area contributed by atoms with Crippen molar-refractivity contribution in [3.05, 3.63) is 57.6 Å². The van der Waals surface area contributed by atoms with Crippen molar-refractivity contribution in [2.45, 2.75) is 19.5 Å². The maximum absolute atomic E-state index is 12.7. The van der Waals surface area contributed by atoms with Crippen molar-refractivity contribution in [1.29, 1.82) is 0 Å². The molecule has 0 saturated heterocycles. The number of aryl methyl sites for hydroxylation is 1. The molecule has 1 N–H and O–H groups in total. The molecule has 0 aliphatic heterocycles. The van der Waals surface area contributed by atoms with Gasteiger partial charge in [-0.2, -0.15) is 13.2 Å². The summed E-state index contributed by atoms with van der Waals surface area (Å²) in [5.41, 5.74) is 0.789. The number of ether oxygens (including phenoxy) is 1. The Labute approximate surface area is 146 Å². The standard InChI is InChI=1S/C17H15BrF3NO2/c1-10-6-13(18)9-14(24-2)16(10)22-15(23)8-11-4-3-5-12(7-11)17(19,20)21/h3-7,9H,8H2,1-2H3,(H,22,23). The van der Waals surface area contributed by atoms with Gasteiger partial charge in [-0.25, -0.2) is 0 Å². The summed E-state index contributed by atoms with van der Waals surface area (Å²) < 4.78 is 44.2. The highest BCUT2D eigenvalue weighted by atomic mass is 79.9. The van der Waals surface area contributed by atoms with Crippen LogP contribution in [0.5, 0.6) is 5.75 Å². The average molecular weight is 402 g/mol. The zero-order chi connectivity index (χ0) is 17.9. The van der Waals surface area contributed by atoms with E-state index in [1.807, 2.05) is 6.07 Å². The van der Waals surface area contributed by atoms with Crippen molar-refractivity contribution in [3.8, 4) is 5.75 Å². The fraction of sp³-hybridized carbons (Fsp3) is 0.235. The van der Waals surface area contributed by atoms with Crippen LogP contribution in [0.15, 0.2) is 40.9 Å². The number of hydrogen-bond acceptors (Lipinski definition) is 2. The summed E-state index contributed by atoms with van der Waals surface area (Å²) in [7, 11) is 1.48. The third-order valence-electron chi connectivity index (χ3n) is 3.37. The SMILES string of the molecule is COc1cc(Br)cc(C)c1NC(=O)Cc1cccc(C(F)(F)F)c1. The number of benzene rings is 2. The van der Waals surface area contributed by atoms with Crippen molar-refractivity contribution < 1.29 is 22.7 Å². The number of carbonyl (C=O) groups is 1. The Morgan fingerprint density at radius 1 is 1.25 bits per heavy atom. The number of methoxy groups -OCH3 is 1. The Bertz CT molecular complexity index is 760. The molecule has 2 rings (SSSR count). The maximum Gasteiger partial charge on any atom is 0.416 e. The van der Waals surface area contributed by atoms with Crippen LogP contribution in [0, 0.1) is 6.92 Å². The second-order valence-electron chi connectivity index (χ2n) is 5.22. The van der Waals surface area contributed by atoms with E-state index in [1.165, 1.54) is 19.2 Å². The fourth-order valence-electron chi connectivity index (χ4n) is 2.26. The van der Waals surface area contributed by atoms with E-state index in [0.717, 1.165) is 22.2 Å².